The van der Waals surface area contributed by atoms with Crippen molar-refractivity contribution in [1.82, 2.24) is 19.8 Å². The molecule has 3 rings (SSSR count). The summed E-state index contributed by atoms with van der Waals surface area (Å²) in [5.41, 5.74) is 2.16. The summed E-state index contributed by atoms with van der Waals surface area (Å²) in [6, 6.07) is 14.7. The molecule has 0 aliphatic rings. The second-order valence-electron chi connectivity index (χ2n) is 7.03. The highest BCUT2D eigenvalue weighted by Crippen LogP contribution is 2.20. The van der Waals surface area contributed by atoms with Gasteiger partial charge in [0.1, 0.15) is 5.75 Å². The molecule has 0 atom stereocenters. The molecule has 0 fully saturated rings. The minimum Gasteiger partial charge on any atom is -0.496 e. The topological polar surface area (TPSA) is 88.5 Å². The van der Waals surface area contributed by atoms with E-state index in [1.54, 1.807) is 24.3 Å². The van der Waals surface area contributed by atoms with Crippen LogP contribution >= 0.6 is 0 Å². The molecule has 8 heteroatoms. The second kappa shape index (κ2) is 10.6. The molecule has 0 aliphatic heterocycles. The molecule has 2 aromatic carbocycles. The van der Waals surface area contributed by atoms with Crippen molar-refractivity contribution in [2.24, 2.45) is 0 Å². The number of benzene rings is 2. The summed E-state index contributed by atoms with van der Waals surface area (Å²) in [6.45, 7) is 7.55. The third-order valence-corrected chi connectivity index (χ3v) is 5.20. The number of amides is 2. The number of carbonyl (C=O) groups excluding carboxylic acids is 2. The van der Waals surface area contributed by atoms with Crippen molar-refractivity contribution >= 4 is 28.8 Å². The number of carbonyl (C=O) groups is 2. The number of imidazole rings is 1. The van der Waals surface area contributed by atoms with Crippen LogP contribution in [0.2, 0.25) is 0 Å². The summed E-state index contributed by atoms with van der Waals surface area (Å²) in [7, 11) is 1.50. The van der Waals surface area contributed by atoms with E-state index in [-0.39, 0.29) is 18.4 Å². The molecule has 2 amide bonds. The van der Waals surface area contributed by atoms with Crippen LogP contribution in [-0.2, 0) is 11.3 Å². The van der Waals surface area contributed by atoms with E-state index in [1.165, 1.54) is 7.11 Å². The predicted octanol–water partition coefficient (Wildman–Crippen LogP) is 2.76. The SMILES string of the molecule is CCN(CC)CCn1c(NC(=O)CNC(=O)c2ccccc2OC)nc2ccccc21. The lowest BCUT2D eigenvalue weighted by molar-refractivity contribution is -0.115. The van der Waals surface area contributed by atoms with Crippen molar-refractivity contribution in [2.45, 2.75) is 20.4 Å². The Bertz CT molecular complexity index is 1040. The van der Waals surface area contributed by atoms with E-state index >= 15 is 0 Å². The van der Waals surface area contributed by atoms with E-state index in [2.05, 4.69) is 34.4 Å². The molecule has 0 spiro atoms. The van der Waals surface area contributed by atoms with Gasteiger partial charge in [-0.25, -0.2) is 4.98 Å². The number of aromatic nitrogens is 2. The Morgan fingerprint density at radius 3 is 2.52 bits per heavy atom. The van der Waals surface area contributed by atoms with Crippen molar-refractivity contribution < 1.29 is 14.3 Å². The van der Waals surface area contributed by atoms with E-state index in [1.807, 2.05) is 28.8 Å². The first kappa shape index (κ1) is 22.3. The molecular weight excluding hydrogens is 394 g/mol. The fourth-order valence-electron chi connectivity index (χ4n) is 3.44. The van der Waals surface area contributed by atoms with Gasteiger partial charge in [0.15, 0.2) is 0 Å². The number of nitrogens with zero attached hydrogens (tertiary/aromatic N) is 3. The van der Waals surface area contributed by atoms with Gasteiger partial charge in [0.2, 0.25) is 11.9 Å². The van der Waals surface area contributed by atoms with Gasteiger partial charge in [-0.15, -0.1) is 0 Å². The molecule has 0 aliphatic carbocycles. The summed E-state index contributed by atoms with van der Waals surface area (Å²) >= 11 is 0. The van der Waals surface area contributed by atoms with E-state index < -0.39 is 0 Å². The molecule has 0 saturated heterocycles. The zero-order valence-electron chi connectivity index (χ0n) is 18.2. The maximum Gasteiger partial charge on any atom is 0.255 e. The van der Waals surface area contributed by atoms with Crippen LogP contribution < -0.4 is 15.4 Å². The highest BCUT2D eigenvalue weighted by atomic mass is 16.5. The van der Waals surface area contributed by atoms with Crippen LogP contribution in [0.3, 0.4) is 0 Å². The van der Waals surface area contributed by atoms with Gasteiger partial charge in [-0.1, -0.05) is 38.1 Å². The van der Waals surface area contributed by atoms with Crippen molar-refractivity contribution in [1.29, 1.82) is 0 Å². The van der Waals surface area contributed by atoms with Crippen LogP contribution in [-0.4, -0.2) is 59.6 Å². The summed E-state index contributed by atoms with van der Waals surface area (Å²) < 4.78 is 7.21. The van der Waals surface area contributed by atoms with Crippen molar-refractivity contribution in [3.8, 4) is 5.75 Å². The number of ether oxygens (including phenoxy) is 1. The Morgan fingerprint density at radius 2 is 1.77 bits per heavy atom. The molecular formula is C23H29N5O3. The summed E-state index contributed by atoms with van der Waals surface area (Å²) in [6.07, 6.45) is 0. The first-order valence-electron chi connectivity index (χ1n) is 10.5. The van der Waals surface area contributed by atoms with Gasteiger partial charge in [0.05, 0.1) is 30.3 Å². The average molecular weight is 424 g/mol. The molecule has 8 nitrogen and oxygen atoms in total. The Balaban J connectivity index is 1.69. The minimum absolute atomic E-state index is 0.171. The molecule has 0 bridgehead atoms. The molecule has 0 radical (unpaired) electrons. The zero-order chi connectivity index (χ0) is 22.2. The Kier molecular flexibility index (Phi) is 7.61. The molecule has 0 saturated carbocycles. The average Bonchev–Trinajstić information content (AvgIpc) is 3.15. The maximum absolute atomic E-state index is 12.6. The standard InChI is InChI=1S/C23H29N5O3/c1-4-27(5-2)14-15-28-19-12-8-7-11-18(19)25-23(28)26-21(29)16-24-22(30)17-10-6-9-13-20(17)31-3/h6-13H,4-5,14-16H2,1-3H3,(H,24,30)(H,25,26,29). The van der Waals surface area contributed by atoms with Crippen LogP contribution in [0.4, 0.5) is 5.95 Å². The number of anilines is 1. The van der Waals surface area contributed by atoms with Gasteiger partial charge < -0.3 is 19.5 Å². The fraction of sp³-hybridized carbons (Fsp3) is 0.348. The van der Waals surface area contributed by atoms with Crippen molar-refractivity contribution in [3.63, 3.8) is 0 Å². The third-order valence-electron chi connectivity index (χ3n) is 5.20. The number of hydrogen-bond acceptors (Lipinski definition) is 5. The number of nitrogens with one attached hydrogen (secondary N) is 2. The molecule has 3 aromatic rings. The minimum atomic E-state index is -0.373. The second-order valence-corrected chi connectivity index (χ2v) is 7.03. The zero-order valence-corrected chi connectivity index (χ0v) is 18.2. The lowest BCUT2D eigenvalue weighted by atomic mass is 10.2. The monoisotopic (exact) mass is 423 g/mol. The third kappa shape index (κ3) is 5.40. The normalized spacial score (nSPS) is 11.0. The Hall–Kier alpha value is -3.39. The van der Waals surface area contributed by atoms with E-state index in [0.29, 0.717) is 23.8 Å². The first-order chi connectivity index (χ1) is 15.1. The highest BCUT2D eigenvalue weighted by Gasteiger charge is 2.16. The Morgan fingerprint density at radius 1 is 1.06 bits per heavy atom. The van der Waals surface area contributed by atoms with Gasteiger partial charge in [-0.05, 0) is 37.4 Å². The first-order valence-corrected chi connectivity index (χ1v) is 10.5. The van der Waals surface area contributed by atoms with Gasteiger partial charge in [-0.2, -0.15) is 0 Å². The number of para-hydroxylation sites is 3. The molecule has 0 unspecified atom stereocenters. The highest BCUT2D eigenvalue weighted by molar-refractivity contribution is 6.00. The predicted molar refractivity (Wildman–Crippen MR) is 121 cm³/mol. The van der Waals surface area contributed by atoms with E-state index in [4.69, 9.17) is 4.74 Å². The van der Waals surface area contributed by atoms with Gasteiger partial charge in [-0.3, -0.25) is 14.9 Å². The largest absolute Gasteiger partial charge is 0.496 e. The van der Waals surface area contributed by atoms with Gasteiger partial charge in [0, 0.05) is 13.1 Å². The summed E-state index contributed by atoms with van der Waals surface area (Å²) in [4.78, 5) is 31.9. The molecule has 1 heterocycles. The molecule has 31 heavy (non-hydrogen) atoms. The molecule has 164 valence electrons. The van der Waals surface area contributed by atoms with Gasteiger partial charge in [0.25, 0.3) is 5.91 Å². The molecule has 2 N–H and O–H groups in total. The number of likely N-dealkylation sites (N-methyl/N-ethyl adjacent to an activating group) is 1. The van der Waals surface area contributed by atoms with E-state index in [9.17, 15) is 9.59 Å². The summed E-state index contributed by atoms with van der Waals surface area (Å²) in [5, 5.41) is 5.48. The lowest BCUT2D eigenvalue weighted by Crippen LogP contribution is -2.34. The van der Waals surface area contributed by atoms with Gasteiger partial charge >= 0.3 is 0 Å². The quantitative estimate of drug-likeness (QED) is 0.524. The number of hydrogen-bond donors (Lipinski definition) is 2. The van der Waals surface area contributed by atoms with Crippen LogP contribution in [0, 0.1) is 0 Å². The Labute approximate surface area is 182 Å². The van der Waals surface area contributed by atoms with Crippen LogP contribution in [0.5, 0.6) is 5.75 Å². The molecule has 1 aromatic heterocycles. The number of rotatable bonds is 10. The number of methoxy groups -OCH3 is 1. The van der Waals surface area contributed by atoms with Crippen LogP contribution in [0.25, 0.3) is 11.0 Å². The van der Waals surface area contributed by atoms with Crippen LogP contribution in [0.1, 0.15) is 24.2 Å². The van der Waals surface area contributed by atoms with E-state index in [0.717, 1.165) is 30.7 Å². The fourth-order valence-corrected chi connectivity index (χ4v) is 3.44. The van der Waals surface area contributed by atoms with Crippen molar-refractivity contribution in [2.75, 3.05) is 38.6 Å². The lowest BCUT2D eigenvalue weighted by Gasteiger charge is -2.19. The number of fused-ring (bicyclic) bond motifs is 1. The smallest absolute Gasteiger partial charge is 0.255 e. The van der Waals surface area contributed by atoms with Crippen LogP contribution in [0.15, 0.2) is 48.5 Å². The summed E-state index contributed by atoms with van der Waals surface area (Å²) in [5.74, 6) is 0.216. The van der Waals surface area contributed by atoms with Crippen molar-refractivity contribution in [3.05, 3.63) is 54.1 Å². The maximum atomic E-state index is 12.6.